The molecule has 1 rings (SSSR count). The van der Waals surface area contributed by atoms with E-state index in [2.05, 4.69) is 0 Å². The predicted molar refractivity (Wildman–Crippen MR) is 68.9 cm³/mol. The molecule has 0 aliphatic carbocycles. The van der Waals surface area contributed by atoms with E-state index in [-0.39, 0.29) is 11.7 Å². The van der Waals surface area contributed by atoms with Crippen LogP contribution in [0.3, 0.4) is 0 Å². The van der Waals surface area contributed by atoms with Crippen molar-refractivity contribution in [1.82, 2.24) is 4.90 Å². The third kappa shape index (κ3) is 4.32. The minimum atomic E-state index is -0.293. The summed E-state index contributed by atoms with van der Waals surface area (Å²) in [5.41, 5.74) is 5.80. The van der Waals surface area contributed by atoms with E-state index in [0.29, 0.717) is 30.1 Å². The number of halogens is 2. The van der Waals surface area contributed by atoms with Gasteiger partial charge in [0.15, 0.2) is 0 Å². The Hall–Kier alpha value is -1.13. The quantitative estimate of drug-likeness (QED) is 0.608. The van der Waals surface area contributed by atoms with E-state index in [1.165, 1.54) is 6.07 Å². The number of amidine groups is 1. The first-order valence-corrected chi connectivity index (χ1v) is 5.90. The van der Waals surface area contributed by atoms with Gasteiger partial charge in [0.1, 0.15) is 5.82 Å². The summed E-state index contributed by atoms with van der Waals surface area (Å²) in [6.07, 6.45) is 0.486. The lowest BCUT2D eigenvalue weighted by Crippen LogP contribution is -2.28. The van der Waals surface area contributed by atoms with E-state index in [0.717, 1.165) is 6.54 Å². The average Bonchev–Trinajstić information content (AvgIpc) is 2.27. The molecule has 0 amide bonds. The molecule has 0 aromatic heterocycles. The molecule has 0 aliphatic rings. The summed E-state index contributed by atoms with van der Waals surface area (Å²) >= 11 is 5.96. The van der Waals surface area contributed by atoms with Crippen molar-refractivity contribution in [3.8, 4) is 0 Å². The van der Waals surface area contributed by atoms with E-state index in [9.17, 15) is 4.39 Å². The number of rotatable bonds is 6. The summed E-state index contributed by atoms with van der Waals surface area (Å²) in [7, 11) is 0. The zero-order valence-corrected chi connectivity index (χ0v) is 10.6. The van der Waals surface area contributed by atoms with Crippen molar-refractivity contribution >= 4 is 17.4 Å². The van der Waals surface area contributed by atoms with Gasteiger partial charge in [-0.25, -0.2) is 4.39 Å². The molecule has 1 aromatic rings. The Kier molecular flexibility index (Phi) is 5.38. The second-order valence-corrected chi connectivity index (χ2v) is 4.25. The van der Waals surface area contributed by atoms with Crippen LogP contribution < -0.4 is 5.73 Å². The molecule has 0 unspecified atom stereocenters. The van der Waals surface area contributed by atoms with Crippen molar-refractivity contribution in [2.75, 3.05) is 13.1 Å². The number of nitrogens with one attached hydrogen (secondary N) is 1. The molecule has 0 spiro atoms. The third-order valence-electron chi connectivity index (χ3n) is 2.59. The molecule has 0 fully saturated rings. The molecule has 3 nitrogen and oxygen atoms in total. The normalized spacial score (nSPS) is 10.8. The van der Waals surface area contributed by atoms with Gasteiger partial charge in [0, 0.05) is 30.1 Å². The molecule has 0 heterocycles. The summed E-state index contributed by atoms with van der Waals surface area (Å²) < 4.78 is 13.6. The molecule has 17 heavy (non-hydrogen) atoms. The molecular formula is C12H17ClFN3. The van der Waals surface area contributed by atoms with Gasteiger partial charge in [-0.1, -0.05) is 24.6 Å². The molecule has 94 valence electrons. The maximum Gasteiger partial charge on any atom is 0.129 e. The maximum absolute atomic E-state index is 13.6. The highest BCUT2D eigenvalue weighted by atomic mass is 35.5. The number of nitrogens with two attached hydrogens (primary N) is 1. The second-order valence-electron chi connectivity index (χ2n) is 3.84. The van der Waals surface area contributed by atoms with Crippen LogP contribution in [-0.4, -0.2) is 23.8 Å². The van der Waals surface area contributed by atoms with E-state index in [1.54, 1.807) is 12.1 Å². The van der Waals surface area contributed by atoms with Crippen molar-refractivity contribution in [3.63, 3.8) is 0 Å². The Morgan fingerprint density at radius 1 is 1.53 bits per heavy atom. The van der Waals surface area contributed by atoms with Gasteiger partial charge >= 0.3 is 0 Å². The number of hydrogen-bond donors (Lipinski definition) is 2. The Labute approximate surface area is 106 Å². The van der Waals surface area contributed by atoms with E-state index < -0.39 is 0 Å². The molecule has 0 saturated heterocycles. The Morgan fingerprint density at radius 2 is 2.24 bits per heavy atom. The zero-order valence-electron chi connectivity index (χ0n) is 9.84. The van der Waals surface area contributed by atoms with Crippen LogP contribution in [0.25, 0.3) is 0 Å². The van der Waals surface area contributed by atoms with Crippen LogP contribution in [0, 0.1) is 11.2 Å². The van der Waals surface area contributed by atoms with Gasteiger partial charge in [-0.2, -0.15) is 0 Å². The van der Waals surface area contributed by atoms with Crippen molar-refractivity contribution in [1.29, 1.82) is 5.41 Å². The molecular weight excluding hydrogens is 241 g/mol. The highest BCUT2D eigenvalue weighted by molar-refractivity contribution is 6.31. The largest absolute Gasteiger partial charge is 0.388 e. The van der Waals surface area contributed by atoms with E-state index in [1.807, 2.05) is 11.8 Å². The topological polar surface area (TPSA) is 53.1 Å². The number of nitrogens with zero attached hydrogens (tertiary/aromatic N) is 1. The van der Waals surface area contributed by atoms with Crippen LogP contribution in [0.2, 0.25) is 5.02 Å². The Morgan fingerprint density at radius 3 is 2.76 bits per heavy atom. The lowest BCUT2D eigenvalue weighted by molar-refractivity contribution is 0.284. The minimum Gasteiger partial charge on any atom is -0.388 e. The molecule has 0 aliphatic heterocycles. The van der Waals surface area contributed by atoms with Gasteiger partial charge in [-0.3, -0.25) is 10.3 Å². The smallest absolute Gasteiger partial charge is 0.129 e. The highest BCUT2D eigenvalue weighted by Gasteiger charge is 2.11. The molecule has 0 saturated carbocycles. The number of benzene rings is 1. The predicted octanol–water partition coefficient (Wildman–Crippen LogP) is 2.63. The van der Waals surface area contributed by atoms with Crippen molar-refractivity contribution in [3.05, 3.63) is 34.6 Å². The lowest BCUT2D eigenvalue weighted by Gasteiger charge is -2.21. The maximum atomic E-state index is 13.6. The van der Waals surface area contributed by atoms with Gasteiger partial charge in [-0.05, 0) is 18.7 Å². The molecule has 0 bridgehead atoms. The zero-order chi connectivity index (χ0) is 12.8. The summed E-state index contributed by atoms with van der Waals surface area (Å²) in [6.45, 7) is 3.82. The van der Waals surface area contributed by atoms with Crippen LogP contribution in [0.15, 0.2) is 18.2 Å². The minimum absolute atomic E-state index is 0.142. The van der Waals surface area contributed by atoms with Gasteiger partial charge < -0.3 is 5.73 Å². The van der Waals surface area contributed by atoms with Crippen LogP contribution in [0.1, 0.15) is 18.9 Å². The second kappa shape index (κ2) is 6.57. The summed E-state index contributed by atoms with van der Waals surface area (Å²) in [6, 6.07) is 4.67. The van der Waals surface area contributed by atoms with Gasteiger partial charge in [0.2, 0.25) is 0 Å². The van der Waals surface area contributed by atoms with Crippen molar-refractivity contribution in [2.45, 2.75) is 19.9 Å². The van der Waals surface area contributed by atoms with Gasteiger partial charge in [-0.15, -0.1) is 0 Å². The first-order valence-electron chi connectivity index (χ1n) is 5.52. The van der Waals surface area contributed by atoms with Crippen LogP contribution in [-0.2, 0) is 6.54 Å². The number of hydrogen-bond acceptors (Lipinski definition) is 2. The molecule has 3 N–H and O–H groups in total. The molecule has 0 radical (unpaired) electrons. The summed E-state index contributed by atoms with van der Waals surface area (Å²) in [5.74, 6) is -0.151. The SMILES string of the molecule is CCN(CCC(=N)N)Cc1c(F)cccc1Cl. The monoisotopic (exact) mass is 257 g/mol. The summed E-state index contributed by atoms with van der Waals surface area (Å²) in [4.78, 5) is 2.01. The fourth-order valence-corrected chi connectivity index (χ4v) is 1.76. The fourth-order valence-electron chi connectivity index (χ4n) is 1.53. The van der Waals surface area contributed by atoms with Crippen molar-refractivity contribution in [2.24, 2.45) is 5.73 Å². The van der Waals surface area contributed by atoms with E-state index in [4.69, 9.17) is 22.7 Å². The van der Waals surface area contributed by atoms with E-state index >= 15 is 0 Å². The van der Waals surface area contributed by atoms with Gasteiger partial charge in [0.25, 0.3) is 0 Å². The van der Waals surface area contributed by atoms with Crippen LogP contribution >= 0.6 is 11.6 Å². The first-order chi connectivity index (χ1) is 8.04. The molecule has 5 heteroatoms. The van der Waals surface area contributed by atoms with Crippen LogP contribution in [0.4, 0.5) is 4.39 Å². The Balaban J connectivity index is 2.70. The molecule has 0 atom stereocenters. The standard InChI is InChI=1S/C12H17ClFN3/c1-2-17(7-6-12(15)16)8-9-10(13)4-3-5-11(9)14/h3-5H,2,6-8H2,1H3,(H3,15,16). The first kappa shape index (κ1) is 13.9. The fraction of sp³-hybridized carbons (Fsp3) is 0.417. The highest BCUT2D eigenvalue weighted by Crippen LogP contribution is 2.20. The Bertz CT molecular complexity index is 375. The van der Waals surface area contributed by atoms with Gasteiger partial charge in [0.05, 0.1) is 5.84 Å². The lowest BCUT2D eigenvalue weighted by atomic mass is 10.2. The van der Waals surface area contributed by atoms with Crippen molar-refractivity contribution < 1.29 is 4.39 Å². The summed E-state index contributed by atoms with van der Waals surface area (Å²) in [5, 5.41) is 7.61. The van der Waals surface area contributed by atoms with Crippen LogP contribution in [0.5, 0.6) is 0 Å². The third-order valence-corrected chi connectivity index (χ3v) is 2.94. The molecule has 1 aromatic carbocycles. The average molecular weight is 258 g/mol.